The van der Waals surface area contributed by atoms with Gasteiger partial charge in [0, 0.05) is 26.1 Å². The largest absolute Gasteiger partial charge is 0.480 e. The first-order valence-corrected chi connectivity index (χ1v) is 10.4. The normalized spacial score (nSPS) is 19.5. The minimum absolute atomic E-state index is 0.0689. The number of aliphatic carboxylic acids is 3. The van der Waals surface area contributed by atoms with Crippen LogP contribution >= 0.6 is 0 Å². The van der Waals surface area contributed by atoms with E-state index in [-0.39, 0.29) is 19.5 Å². The van der Waals surface area contributed by atoms with Crippen LogP contribution in [-0.4, -0.2) is 114 Å². The van der Waals surface area contributed by atoms with E-state index in [2.05, 4.69) is 0 Å². The lowest BCUT2D eigenvalue weighted by molar-refractivity contribution is -0.317. The number of rotatable bonds is 10. The Balaban J connectivity index is 3.25. The maximum absolute atomic E-state index is 11.6. The number of nitrogens with zero attached hydrogens (tertiary/aromatic N) is 4. The number of hydrogen-bond acceptors (Lipinski definition) is 10. The van der Waals surface area contributed by atoms with Gasteiger partial charge in [-0.2, -0.15) is 0 Å². The molecule has 6 N–H and O–H groups in total. The predicted octanol–water partition coefficient (Wildman–Crippen LogP) is -1.04. The standard InChI is InChI=1S/C18H34N4O9/c23-15(24)12-20-10-6-4-2-1-3-5-9-19(11-7-8-18(29,30)31)21(13-16(25)26)22(20)14-17(27)28/h29-31H,1-14H2,(H,23,24)(H,25,26)(H,27,28). The number of aliphatic hydroxyl groups is 3. The molecule has 0 radical (unpaired) electrons. The maximum atomic E-state index is 11.6. The van der Waals surface area contributed by atoms with Crippen LogP contribution in [0.4, 0.5) is 0 Å². The zero-order valence-electron chi connectivity index (χ0n) is 17.6. The molecule has 31 heavy (non-hydrogen) atoms. The molecule has 13 nitrogen and oxygen atoms in total. The number of hydrazine groups is 3. The van der Waals surface area contributed by atoms with Crippen molar-refractivity contribution in [2.45, 2.75) is 57.3 Å². The van der Waals surface area contributed by atoms with Crippen molar-refractivity contribution >= 4 is 17.9 Å². The molecule has 1 aliphatic rings. The van der Waals surface area contributed by atoms with Gasteiger partial charge in [0.25, 0.3) is 5.97 Å². The first kappa shape index (κ1) is 27.2. The van der Waals surface area contributed by atoms with Crippen molar-refractivity contribution in [3.63, 3.8) is 0 Å². The molecule has 0 aliphatic carbocycles. The SMILES string of the molecule is O=C(O)CN1CCCCCCCCN(CCCC(O)(O)O)N(CC(=O)O)N1CC(=O)O. The molecule has 180 valence electrons. The molecule has 0 spiro atoms. The van der Waals surface area contributed by atoms with Crippen molar-refractivity contribution in [3.8, 4) is 0 Å². The number of carbonyl (C=O) groups is 3. The Bertz CT molecular complexity index is 585. The van der Waals surface area contributed by atoms with E-state index in [9.17, 15) is 29.7 Å². The molecule has 13 heteroatoms. The highest BCUT2D eigenvalue weighted by molar-refractivity contribution is 5.71. The van der Waals surface area contributed by atoms with Crippen molar-refractivity contribution in [3.05, 3.63) is 0 Å². The van der Waals surface area contributed by atoms with Crippen molar-refractivity contribution in [1.29, 1.82) is 0 Å². The van der Waals surface area contributed by atoms with E-state index in [1.807, 2.05) is 0 Å². The van der Waals surface area contributed by atoms with E-state index in [1.165, 1.54) is 10.1 Å². The highest BCUT2D eigenvalue weighted by Crippen LogP contribution is 2.17. The molecule has 0 atom stereocenters. The molecule has 0 unspecified atom stereocenters. The van der Waals surface area contributed by atoms with Crippen LogP contribution in [0.15, 0.2) is 0 Å². The Kier molecular flexibility index (Phi) is 11.8. The third-order valence-electron chi connectivity index (χ3n) is 4.80. The Morgan fingerprint density at radius 1 is 0.645 bits per heavy atom. The summed E-state index contributed by atoms with van der Waals surface area (Å²) in [6, 6.07) is 0. The summed E-state index contributed by atoms with van der Waals surface area (Å²) in [6.07, 6.45) is 4.58. The Hall–Kier alpha value is -1.87. The molecule has 1 fully saturated rings. The number of carboxylic acid groups (broad SMARTS) is 3. The zero-order chi connectivity index (χ0) is 23.4. The van der Waals surface area contributed by atoms with Crippen LogP contribution in [0.1, 0.15) is 51.4 Å². The summed E-state index contributed by atoms with van der Waals surface area (Å²) >= 11 is 0. The van der Waals surface area contributed by atoms with Gasteiger partial charge in [0.1, 0.15) is 19.6 Å². The van der Waals surface area contributed by atoms with Crippen LogP contribution in [0, 0.1) is 0 Å². The minimum atomic E-state index is -2.87. The van der Waals surface area contributed by atoms with E-state index in [0.29, 0.717) is 19.4 Å². The van der Waals surface area contributed by atoms with Gasteiger partial charge in [-0.15, -0.1) is 10.2 Å². The van der Waals surface area contributed by atoms with Crippen LogP contribution < -0.4 is 0 Å². The lowest BCUT2D eigenvalue weighted by Gasteiger charge is -2.45. The summed E-state index contributed by atoms with van der Waals surface area (Å²) in [5.74, 6) is -6.57. The highest BCUT2D eigenvalue weighted by atomic mass is 16.7. The van der Waals surface area contributed by atoms with Gasteiger partial charge in [0.2, 0.25) is 0 Å². The fourth-order valence-electron chi connectivity index (χ4n) is 3.47. The topological polar surface area (TPSA) is 186 Å². The van der Waals surface area contributed by atoms with Crippen molar-refractivity contribution < 1.29 is 45.0 Å². The lowest BCUT2D eigenvalue weighted by Crippen LogP contribution is -2.63. The maximum Gasteiger partial charge on any atom is 0.320 e. The van der Waals surface area contributed by atoms with Gasteiger partial charge < -0.3 is 30.6 Å². The fraction of sp³-hybridized carbons (Fsp3) is 0.833. The van der Waals surface area contributed by atoms with E-state index in [4.69, 9.17) is 15.3 Å². The smallest absolute Gasteiger partial charge is 0.320 e. The predicted molar refractivity (Wildman–Crippen MR) is 106 cm³/mol. The first-order valence-electron chi connectivity index (χ1n) is 10.4. The summed E-state index contributed by atoms with van der Waals surface area (Å²) < 4.78 is 0. The minimum Gasteiger partial charge on any atom is -0.480 e. The summed E-state index contributed by atoms with van der Waals surface area (Å²) in [7, 11) is 0. The Morgan fingerprint density at radius 3 is 1.52 bits per heavy atom. The summed E-state index contributed by atoms with van der Waals surface area (Å²) in [5, 5.41) is 60.8. The van der Waals surface area contributed by atoms with Crippen molar-refractivity contribution in [2.75, 3.05) is 39.3 Å². The van der Waals surface area contributed by atoms with Crippen LogP contribution in [-0.2, 0) is 14.4 Å². The molecule has 0 saturated carbocycles. The summed E-state index contributed by atoms with van der Waals surface area (Å²) in [5.41, 5.74) is 0. The van der Waals surface area contributed by atoms with Crippen LogP contribution in [0.3, 0.4) is 0 Å². The average molecular weight is 450 g/mol. The number of hydrogen-bond donors (Lipinski definition) is 6. The van der Waals surface area contributed by atoms with Gasteiger partial charge in [-0.3, -0.25) is 14.4 Å². The fourth-order valence-corrected chi connectivity index (χ4v) is 3.47. The van der Waals surface area contributed by atoms with E-state index in [0.717, 1.165) is 30.8 Å². The Morgan fingerprint density at radius 2 is 1.06 bits per heavy atom. The van der Waals surface area contributed by atoms with Crippen molar-refractivity contribution in [2.24, 2.45) is 0 Å². The molecule has 0 aromatic heterocycles. The van der Waals surface area contributed by atoms with Gasteiger partial charge >= 0.3 is 17.9 Å². The summed E-state index contributed by atoms with van der Waals surface area (Å²) in [6.45, 7) is -1.11. The molecule has 0 aromatic rings. The second-order valence-corrected chi connectivity index (χ2v) is 7.58. The molecule has 0 bridgehead atoms. The first-order chi connectivity index (χ1) is 14.5. The second kappa shape index (κ2) is 13.5. The summed E-state index contributed by atoms with van der Waals surface area (Å²) in [4.78, 5) is 34.6. The highest BCUT2D eigenvalue weighted by Gasteiger charge is 2.32. The van der Waals surface area contributed by atoms with Crippen LogP contribution in [0.25, 0.3) is 0 Å². The molecule has 0 aromatic carbocycles. The van der Waals surface area contributed by atoms with Crippen LogP contribution in [0.2, 0.25) is 0 Å². The molecule has 1 aliphatic heterocycles. The van der Waals surface area contributed by atoms with Gasteiger partial charge in [-0.1, -0.05) is 25.7 Å². The molecular formula is C18H34N4O9. The van der Waals surface area contributed by atoms with E-state index < -0.39 is 49.9 Å². The third-order valence-corrected chi connectivity index (χ3v) is 4.80. The lowest BCUT2D eigenvalue weighted by atomic mass is 10.1. The molecule has 0 amide bonds. The monoisotopic (exact) mass is 450 g/mol. The average Bonchev–Trinajstić information content (AvgIpc) is 2.61. The molecule has 1 rings (SSSR count). The van der Waals surface area contributed by atoms with Gasteiger partial charge in [-0.05, 0) is 19.3 Å². The van der Waals surface area contributed by atoms with E-state index >= 15 is 0 Å². The molecule has 1 heterocycles. The van der Waals surface area contributed by atoms with Gasteiger partial charge in [-0.25, -0.2) is 10.0 Å². The molecule has 1 saturated heterocycles. The second-order valence-electron chi connectivity index (χ2n) is 7.58. The van der Waals surface area contributed by atoms with Gasteiger partial charge in [0.15, 0.2) is 0 Å². The van der Waals surface area contributed by atoms with Crippen LogP contribution in [0.5, 0.6) is 0 Å². The zero-order valence-corrected chi connectivity index (χ0v) is 17.6. The third kappa shape index (κ3) is 11.9. The van der Waals surface area contributed by atoms with Crippen molar-refractivity contribution in [1.82, 2.24) is 20.3 Å². The quantitative estimate of drug-likeness (QED) is 0.222. The Labute approximate surface area is 180 Å². The van der Waals surface area contributed by atoms with Gasteiger partial charge in [0.05, 0.1) is 0 Å². The molecular weight excluding hydrogens is 416 g/mol. The van der Waals surface area contributed by atoms with E-state index in [1.54, 1.807) is 5.01 Å². The number of carboxylic acids is 3.